The molecule has 1 aromatic heterocycles. The van der Waals surface area contributed by atoms with Crippen molar-refractivity contribution < 1.29 is 4.65 Å². The van der Waals surface area contributed by atoms with Gasteiger partial charge in [0.05, 0.1) is 19.6 Å². The Morgan fingerprint density at radius 2 is 2.07 bits per heavy atom. The fourth-order valence-electron chi connectivity index (χ4n) is 2.00. The van der Waals surface area contributed by atoms with Gasteiger partial charge in [0.2, 0.25) is 0 Å². The second kappa shape index (κ2) is 4.07. The number of likely N-dealkylation sites (tertiary alicyclic amines) is 1. The van der Waals surface area contributed by atoms with E-state index in [2.05, 4.69) is 4.98 Å². The van der Waals surface area contributed by atoms with Crippen molar-refractivity contribution in [2.24, 2.45) is 0 Å². The van der Waals surface area contributed by atoms with Crippen LogP contribution in [0.2, 0.25) is 0 Å². The molecule has 0 saturated carbocycles. The van der Waals surface area contributed by atoms with Gasteiger partial charge < -0.3 is 9.85 Å². The molecule has 0 unspecified atom stereocenters. The van der Waals surface area contributed by atoms with Crippen molar-refractivity contribution in [2.45, 2.75) is 19.3 Å². The van der Waals surface area contributed by atoms with E-state index in [1.807, 2.05) is 18.2 Å². The van der Waals surface area contributed by atoms with Crippen LogP contribution in [0.25, 0.3) is 0 Å². The largest absolute Gasteiger partial charge is 0.633 e. The van der Waals surface area contributed by atoms with Crippen LogP contribution in [-0.2, 0) is 6.42 Å². The molecule has 3 heteroatoms. The summed E-state index contributed by atoms with van der Waals surface area (Å²) in [6, 6.07) is 5.87. The van der Waals surface area contributed by atoms with Crippen LogP contribution in [0.15, 0.2) is 24.4 Å². The number of hydrogen-bond donors (Lipinski definition) is 0. The standard InChI is InChI=1S/C11H16N2O/c14-13(8-3-4-9-13)10-6-11-5-1-2-7-12-11/h1-2,5,7H,3-4,6,8-10H2. The summed E-state index contributed by atoms with van der Waals surface area (Å²) in [5.74, 6) is 0. The molecule has 1 saturated heterocycles. The van der Waals surface area contributed by atoms with Crippen molar-refractivity contribution in [2.75, 3.05) is 19.6 Å². The molecule has 1 aliphatic rings. The molecule has 1 aromatic rings. The maximum absolute atomic E-state index is 12.0. The molecule has 2 heterocycles. The zero-order chi connectivity index (χ0) is 9.86. The molecule has 0 atom stereocenters. The Balaban J connectivity index is 1.88. The minimum Gasteiger partial charge on any atom is -0.633 e. The molecule has 0 aliphatic carbocycles. The van der Waals surface area contributed by atoms with Gasteiger partial charge in [-0.2, -0.15) is 0 Å². The van der Waals surface area contributed by atoms with E-state index >= 15 is 0 Å². The Labute approximate surface area is 84.6 Å². The molecule has 0 aromatic carbocycles. The molecular formula is C11H16N2O. The van der Waals surface area contributed by atoms with E-state index in [-0.39, 0.29) is 4.65 Å². The van der Waals surface area contributed by atoms with Crippen molar-refractivity contribution in [3.63, 3.8) is 0 Å². The van der Waals surface area contributed by atoms with Gasteiger partial charge in [-0.1, -0.05) is 6.07 Å². The van der Waals surface area contributed by atoms with Crippen molar-refractivity contribution in [3.8, 4) is 0 Å². The first-order chi connectivity index (χ1) is 6.79. The highest BCUT2D eigenvalue weighted by atomic mass is 16.5. The second-order valence-electron chi connectivity index (χ2n) is 4.01. The molecule has 0 amide bonds. The Kier molecular flexibility index (Phi) is 2.79. The van der Waals surface area contributed by atoms with Crippen LogP contribution >= 0.6 is 0 Å². The quantitative estimate of drug-likeness (QED) is 0.540. The number of rotatable bonds is 3. The predicted molar refractivity (Wildman–Crippen MR) is 55.4 cm³/mol. The van der Waals surface area contributed by atoms with Gasteiger partial charge in [0.15, 0.2) is 0 Å². The molecular weight excluding hydrogens is 176 g/mol. The van der Waals surface area contributed by atoms with Gasteiger partial charge in [-0.05, 0) is 12.1 Å². The van der Waals surface area contributed by atoms with E-state index in [4.69, 9.17) is 0 Å². The van der Waals surface area contributed by atoms with Crippen molar-refractivity contribution in [3.05, 3.63) is 35.3 Å². The van der Waals surface area contributed by atoms with Gasteiger partial charge in [0.1, 0.15) is 0 Å². The average Bonchev–Trinajstić information content (AvgIpc) is 2.65. The highest BCUT2D eigenvalue weighted by molar-refractivity contribution is 5.03. The minimum atomic E-state index is -0.00340. The molecule has 0 spiro atoms. The first kappa shape index (κ1) is 9.62. The normalized spacial score (nSPS) is 19.8. The lowest BCUT2D eigenvalue weighted by Crippen LogP contribution is -2.40. The van der Waals surface area contributed by atoms with Crippen LogP contribution in [0.3, 0.4) is 0 Å². The molecule has 0 radical (unpaired) electrons. The first-order valence-corrected chi connectivity index (χ1v) is 5.26. The summed E-state index contributed by atoms with van der Waals surface area (Å²) in [6.45, 7) is 2.29. The molecule has 2 rings (SSSR count). The average molecular weight is 192 g/mol. The van der Waals surface area contributed by atoms with Crippen molar-refractivity contribution in [1.29, 1.82) is 0 Å². The number of nitrogens with zero attached hydrogens (tertiary/aromatic N) is 2. The van der Waals surface area contributed by atoms with E-state index in [1.54, 1.807) is 6.20 Å². The van der Waals surface area contributed by atoms with Crippen LogP contribution in [0.5, 0.6) is 0 Å². The third-order valence-electron chi connectivity index (χ3n) is 2.88. The molecule has 0 bridgehead atoms. The summed E-state index contributed by atoms with van der Waals surface area (Å²) >= 11 is 0. The predicted octanol–water partition coefficient (Wildman–Crippen LogP) is 1.73. The molecule has 76 valence electrons. The van der Waals surface area contributed by atoms with Gasteiger partial charge in [-0.25, -0.2) is 0 Å². The summed E-state index contributed by atoms with van der Waals surface area (Å²) < 4.78 is -0.00340. The van der Waals surface area contributed by atoms with Gasteiger partial charge >= 0.3 is 0 Å². The lowest BCUT2D eigenvalue weighted by atomic mass is 10.2. The van der Waals surface area contributed by atoms with Gasteiger partial charge in [-0.15, -0.1) is 0 Å². The number of aromatic nitrogens is 1. The monoisotopic (exact) mass is 192 g/mol. The summed E-state index contributed by atoms with van der Waals surface area (Å²) in [7, 11) is 0. The van der Waals surface area contributed by atoms with E-state index in [0.29, 0.717) is 6.54 Å². The maximum atomic E-state index is 12.0. The lowest BCUT2D eigenvalue weighted by Gasteiger charge is -2.38. The summed E-state index contributed by atoms with van der Waals surface area (Å²) in [6.07, 6.45) is 4.77. The summed E-state index contributed by atoms with van der Waals surface area (Å²) in [4.78, 5) is 4.22. The molecule has 3 nitrogen and oxygen atoms in total. The number of hydroxylamine groups is 3. The third-order valence-corrected chi connectivity index (χ3v) is 2.88. The SMILES string of the molecule is [O-][N+]1(CCc2ccccn2)CCCC1. The molecule has 1 fully saturated rings. The number of pyridine rings is 1. The lowest BCUT2D eigenvalue weighted by molar-refractivity contribution is -0.868. The smallest absolute Gasteiger partial charge is 0.0840 e. The van der Waals surface area contributed by atoms with Crippen LogP contribution in [0, 0.1) is 5.21 Å². The minimum absolute atomic E-state index is 0.00340. The zero-order valence-corrected chi connectivity index (χ0v) is 8.35. The Hall–Kier alpha value is -0.930. The van der Waals surface area contributed by atoms with Crippen molar-refractivity contribution >= 4 is 0 Å². The van der Waals surface area contributed by atoms with Crippen LogP contribution < -0.4 is 0 Å². The van der Waals surface area contributed by atoms with Crippen LogP contribution in [0.4, 0.5) is 0 Å². The Bertz CT molecular complexity index is 281. The van der Waals surface area contributed by atoms with E-state index in [9.17, 15) is 5.21 Å². The third kappa shape index (κ3) is 2.30. The van der Waals surface area contributed by atoms with Gasteiger partial charge in [0.25, 0.3) is 0 Å². The second-order valence-corrected chi connectivity index (χ2v) is 4.01. The molecule has 1 aliphatic heterocycles. The van der Waals surface area contributed by atoms with E-state index < -0.39 is 0 Å². The van der Waals surface area contributed by atoms with E-state index in [1.165, 1.54) is 0 Å². The highest BCUT2D eigenvalue weighted by Crippen LogP contribution is 2.17. The van der Waals surface area contributed by atoms with Crippen LogP contribution in [-0.4, -0.2) is 29.3 Å². The van der Waals surface area contributed by atoms with Gasteiger partial charge in [0, 0.05) is 31.2 Å². The Morgan fingerprint density at radius 1 is 1.29 bits per heavy atom. The molecule has 14 heavy (non-hydrogen) atoms. The molecule has 0 N–H and O–H groups in total. The van der Waals surface area contributed by atoms with Gasteiger partial charge in [-0.3, -0.25) is 4.98 Å². The topological polar surface area (TPSA) is 36.0 Å². The first-order valence-electron chi connectivity index (χ1n) is 5.26. The van der Waals surface area contributed by atoms with Crippen LogP contribution in [0.1, 0.15) is 18.5 Å². The van der Waals surface area contributed by atoms with E-state index in [0.717, 1.165) is 38.0 Å². The summed E-state index contributed by atoms with van der Waals surface area (Å²) in [5, 5.41) is 12.0. The number of quaternary nitrogens is 1. The summed E-state index contributed by atoms with van der Waals surface area (Å²) in [5.41, 5.74) is 1.03. The fourth-order valence-corrected chi connectivity index (χ4v) is 2.00. The maximum Gasteiger partial charge on any atom is 0.0840 e. The fraction of sp³-hybridized carbons (Fsp3) is 0.545. The zero-order valence-electron chi connectivity index (χ0n) is 8.35. The number of hydrogen-bond acceptors (Lipinski definition) is 2. The Morgan fingerprint density at radius 3 is 2.71 bits per heavy atom. The van der Waals surface area contributed by atoms with Crippen molar-refractivity contribution in [1.82, 2.24) is 4.98 Å². The highest BCUT2D eigenvalue weighted by Gasteiger charge is 2.22.